The van der Waals surface area contributed by atoms with Gasteiger partial charge in [0.2, 0.25) is 5.91 Å². The number of halogens is 2. The number of ether oxygens (including phenoxy) is 1. The van der Waals surface area contributed by atoms with Crippen molar-refractivity contribution >= 4 is 52.4 Å². The van der Waals surface area contributed by atoms with E-state index in [1.807, 2.05) is 27.7 Å². The molecule has 2 N–H and O–H groups in total. The number of benzene rings is 3. The van der Waals surface area contributed by atoms with Crippen LogP contribution in [-0.2, 0) is 16.0 Å². The third-order valence-electron chi connectivity index (χ3n) is 7.18. The number of hydrogen-bond donors (Lipinski definition) is 2. The Morgan fingerprint density at radius 1 is 0.952 bits per heavy atom. The van der Waals surface area contributed by atoms with Crippen molar-refractivity contribution in [3.8, 4) is 5.75 Å². The van der Waals surface area contributed by atoms with Gasteiger partial charge < -0.3 is 20.1 Å². The van der Waals surface area contributed by atoms with Crippen LogP contribution in [0.2, 0.25) is 10.0 Å². The van der Waals surface area contributed by atoms with Gasteiger partial charge in [-0.1, -0.05) is 75.2 Å². The van der Waals surface area contributed by atoms with Crippen molar-refractivity contribution in [3.05, 3.63) is 87.4 Å². The third-order valence-corrected chi connectivity index (χ3v) is 7.81. The molecule has 0 aliphatic carbocycles. The molecule has 0 bridgehead atoms. The standard InChI is InChI=1S/C33H38Cl2N2O5/c1-6-22(7-2)32(39)37(19-20(3)4)28-18-23(13-16-29(28)42-5)25(33(40)41)17-21-11-14-24(15-12-21)36-31(38)30-26(34)9-8-10-27(30)35/h8-16,18,20,22,25H,6-7,17,19H2,1-5H3,(H,36,38)(H,40,41). The molecule has 0 spiro atoms. The van der Waals surface area contributed by atoms with Gasteiger partial charge in [-0.25, -0.2) is 0 Å². The Balaban J connectivity index is 1.89. The van der Waals surface area contributed by atoms with E-state index in [1.165, 1.54) is 0 Å². The second kappa shape index (κ2) is 15.1. The number of amides is 2. The Kier molecular flexibility index (Phi) is 11.8. The lowest BCUT2D eigenvalue weighted by molar-refractivity contribution is -0.138. The average molecular weight is 614 g/mol. The summed E-state index contributed by atoms with van der Waals surface area (Å²) in [7, 11) is 1.54. The summed E-state index contributed by atoms with van der Waals surface area (Å²) in [5.74, 6) is -1.73. The lowest BCUT2D eigenvalue weighted by Gasteiger charge is -2.30. The molecule has 3 aromatic carbocycles. The van der Waals surface area contributed by atoms with Crippen LogP contribution in [0.4, 0.5) is 11.4 Å². The molecule has 224 valence electrons. The van der Waals surface area contributed by atoms with Crippen LogP contribution < -0.4 is 15.0 Å². The first-order valence-electron chi connectivity index (χ1n) is 14.1. The number of aliphatic carboxylic acids is 1. The number of nitrogens with zero attached hydrogens (tertiary/aromatic N) is 1. The summed E-state index contributed by atoms with van der Waals surface area (Å²) >= 11 is 12.3. The minimum atomic E-state index is -0.987. The molecule has 0 heterocycles. The number of carbonyl (C=O) groups excluding carboxylic acids is 2. The summed E-state index contributed by atoms with van der Waals surface area (Å²) in [6.45, 7) is 8.56. The summed E-state index contributed by atoms with van der Waals surface area (Å²) in [5.41, 5.74) is 2.60. The molecule has 1 atom stereocenters. The monoisotopic (exact) mass is 612 g/mol. The van der Waals surface area contributed by atoms with Crippen molar-refractivity contribution in [3.63, 3.8) is 0 Å². The van der Waals surface area contributed by atoms with Gasteiger partial charge in [-0.2, -0.15) is 0 Å². The van der Waals surface area contributed by atoms with Gasteiger partial charge in [0.25, 0.3) is 5.91 Å². The highest BCUT2D eigenvalue weighted by atomic mass is 35.5. The van der Waals surface area contributed by atoms with E-state index in [0.29, 0.717) is 42.1 Å². The van der Waals surface area contributed by atoms with Crippen LogP contribution in [0.1, 0.15) is 67.9 Å². The molecule has 2 amide bonds. The number of nitrogens with one attached hydrogen (secondary N) is 1. The van der Waals surface area contributed by atoms with Crippen molar-refractivity contribution in [2.24, 2.45) is 11.8 Å². The van der Waals surface area contributed by atoms with Gasteiger partial charge in [-0.05, 0) is 72.7 Å². The maximum atomic E-state index is 13.6. The molecule has 0 aliphatic heterocycles. The number of anilines is 2. The second-order valence-electron chi connectivity index (χ2n) is 10.6. The molecule has 7 nitrogen and oxygen atoms in total. The predicted octanol–water partition coefficient (Wildman–Crippen LogP) is 8.09. The van der Waals surface area contributed by atoms with Crippen LogP contribution in [0.25, 0.3) is 0 Å². The minimum absolute atomic E-state index is 0.00624. The van der Waals surface area contributed by atoms with E-state index in [2.05, 4.69) is 5.32 Å². The first-order chi connectivity index (χ1) is 20.0. The second-order valence-corrected chi connectivity index (χ2v) is 11.4. The Bertz CT molecular complexity index is 1380. The van der Waals surface area contributed by atoms with Gasteiger partial charge in [0, 0.05) is 18.2 Å². The van der Waals surface area contributed by atoms with E-state index in [0.717, 1.165) is 5.56 Å². The van der Waals surface area contributed by atoms with Crippen molar-refractivity contribution in [2.45, 2.75) is 52.9 Å². The Morgan fingerprint density at radius 2 is 1.57 bits per heavy atom. The van der Waals surface area contributed by atoms with Gasteiger partial charge in [-0.3, -0.25) is 14.4 Å². The molecule has 0 aromatic heterocycles. The van der Waals surface area contributed by atoms with Gasteiger partial charge in [0.05, 0.1) is 34.3 Å². The van der Waals surface area contributed by atoms with Crippen LogP contribution in [0, 0.1) is 11.8 Å². The molecular formula is C33H38Cl2N2O5. The van der Waals surface area contributed by atoms with E-state index in [9.17, 15) is 19.5 Å². The predicted molar refractivity (Wildman–Crippen MR) is 169 cm³/mol. The first kappa shape index (κ1) is 33.0. The summed E-state index contributed by atoms with van der Waals surface area (Å²) in [6, 6.07) is 17.0. The summed E-state index contributed by atoms with van der Waals surface area (Å²) in [4.78, 5) is 40.5. The fraction of sp³-hybridized carbons (Fsp3) is 0.364. The lowest BCUT2D eigenvalue weighted by Crippen LogP contribution is -2.39. The van der Waals surface area contributed by atoms with Gasteiger partial charge in [0.1, 0.15) is 5.75 Å². The smallest absolute Gasteiger partial charge is 0.311 e. The SMILES string of the molecule is CCC(CC)C(=O)N(CC(C)C)c1cc(C(Cc2ccc(NC(=O)c3c(Cl)cccc3Cl)cc2)C(=O)O)ccc1OC. The summed E-state index contributed by atoms with van der Waals surface area (Å²) < 4.78 is 5.62. The fourth-order valence-electron chi connectivity index (χ4n) is 4.88. The Hall–Kier alpha value is -3.55. The highest BCUT2D eigenvalue weighted by Gasteiger charge is 2.28. The van der Waals surface area contributed by atoms with Crippen LogP contribution in [0.3, 0.4) is 0 Å². The minimum Gasteiger partial charge on any atom is -0.495 e. The highest BCUT2D eigenvalue weighted by Crippen LogP contribution is 2.35. The average Bonchev–Trinajstić information content (AvgIpc) is 2.95. The highest BCUT2D eigenvalue weighted by molar-refractivity contribution is 6.40. The molecule has 0 fully saturated rings. The van der Waals surface area contributed by atoms with Crippen molar-refractivity contribution in [1.82, 2.24) is 0 Å². The van der Waals surface area contributed by atoms with Gasteiger partial charge in [0.15, 0.2) is 0 Å². The van der Waals surface area contributed by atoms with Crippen LogP contribution >= 0.6 is 23.2 Å². The van der Waals surface area contributed by atoms with E-state index in [1.54, 1.807) is 72.7 Å². The van der Waals surface area contributed by atoms with E-state index >= 15 is 0 Å². The lowest BCUT2D eigenvalue weighted by atomic mass is 9.91. The molecular weight excluding hydrogens is 575 g/mol. The largest absolute Gasteiger partial charge is 0.495 e. The summed E-state index contributed by atoms with van der Waals surface area (Å²) in [5, 5.41) is 13.5. The molecule has 0 aliphatic rings. The van der Waals surface area contributed by atoms with Crippen LogP contribution in [0.15, 0.2) is 60.7 Å². The zero-order valence-corrected chi connectivity index (χ0v) is 26.1. The molecule has 42 heavy (non-hydrogen) atoms. The molecule has 0 saturated carbocycles. The molecule has 3 rings (SSSR count). The number of carboxylic acids is 1. The Labute approximate surface area is 257 Å². The first-order valence-corrected chi connectivity index (χ1v) is 14.8. The van der Waals surface area contributed by atoms with Gasteiger partial charge in [-0.15, -0.1) is 0 Å². The quantitative estimate of drug-likeness (QED) is 0.203. The number of carbonyl (C=O) groups is 3. The molecule has 0 saturated heterocycles. The summed E-state index contributed by atoms with van der Waals surface area (Å²) in [6.07, 6.45) is 1.63. The van der Waals surface area contributed by atoms with Crippen molar-refractivity contribution < 1.29 is 24.2 Å². The molecule has 1 unspecified atom stereocenters. The van der Waals surface area contributed by atoms with E-state index in [4.69, 9.17) is 27.9 Å². The van der Waals surface area contributed by atoms with Crippen molar-refractivity contribution in [1.29, 1.82) is 0 Å². The molecule has 9 heteroatoms. The number of hydrogen-bond acceptors (Lipinski definition) is 4. The molecule has 0 radical (unpaired) electrons. The maximum Gasteiger partial charge on any atom is 0.311 e. The topological polar surface area (TPSA) is 95.9 Å². The number of methoxy groups -OCH3 is 1. The fourth-order valence-corrected chi connectivity index (χ4v) is 5.45. The van der Waals surface area contributed by atoms with Crippen LogP contribution in [0.5, 0.6) is 5.75 Å². The number of rotatable bonds is 13. The van der Waals surface area contributed by atoms with Gasteiger partial charge >= 0.3 is 5.97 Å². The van der Waals surface area contributed by atoms with Crippen molar-refractivity contribution in [2.75, 3.05) is 23.9 Å². The zero-order valence-electron chi connectivity index (χ0n) is 24.6. The molecule has 3 aromatic rings. The Morgan fingerprint density at radius 3 is 2.10 bits per heavy atom. The van der Waals surface area contributed by atoms with E-state index in [-0.39, 0.29) is 39.8 Å². The van der Waals surface area contributed by atoms with Crippen LogP contribution in [-0.4, -0.2) is 36.5 Å². The van der Waals surface area contributed by atoms with E-state index < -0.39 is 17.8 Å². The number of carboxylic acid groups (broad SMARTS) is 1. The zero-order chi connectivity index (χ0) is 31.0. The maximum absolute atomic E-state index is 13.6. The normalized spacial score (nSPS) is 11.8. The third kappa shape index (κ3) is 8.05.